The second kappa shape index (κ2) is 5.69. The van der Waals surface area contributed by atoms with E-state index in [2.05, 4.69) is 0 Å². The first kappa shape index (κ1) is 15.5. The number of phenolic OH excluding ortho intramolecular Hbond substituents is 3. The molecule has 7 nitrogen and oxygen atoms in total. The zero-order chi connectivity index (χ0) is 17.4. The highest BCUT2D eigenvalue weighted by Gasteiger charge is 2.26. The molecule has 0 radical (unpaired) electrons. The molecule has 0 fully saturated rings. The van der Waals surface area contributed by atoms with E-state index in [9.17, 15) is 20.4 Å². The average Bonchev–Trinajstić information content (AvgIpc) is 2.56. The SMILES string of the molecule is COc1cc(-c2[o+]c3cc(O)cc(OC)c3cc2O)cc(O)c1O. The Labute approximate surface area is 136 Å². The predicted molar refractivity (Wildman–Crippen MR) is 85.8 cm³/mol. The van der Waals surface area contributed by atoms with E-state index in [1.165, 1.54) is 44.6 Å². The molecule has 0 unspecified atom stereocenters. The van der Waals surface area contributed by atoms with Gasteiger partial charge in [0.25, 0.3) is 0 Å². The minimum absolute atomic E-state index is 0.0215. The van der Waals surface area contributed by atoms with Gasteiger partial charge in [0.2, 0.25) is 11.5 Å². The smallest absolute Gasteiger partial charge is 0.402 e. The summed E-state index contributed by atoms with van der Waals surface area (Å²) in [5, 5.41) is 40.0. The van der Waals surface area contributed by atoms with Crippen molar-refractivity contribution in [2.24, 2.45) is 0 Å². The van der Waals surface area contributed by atoms with Gasteiger partial charge in [0, 0.05) is 24.3 Å². The van der Waals surface area contributed by atoms with Crippen LogP contribution in [-0.4, -0.2) is 34.6 Å². The molecule has 0 amide bonds. The molecule has 0 bridgehead atoms. The molecule has 2 aromatic carbocycles. The summed E-state index contributed by atoms with van der Waals surface area (Å²) in [6, 6.07) is 6.81. The van der Waals surface area contributed by atoms with Crippen molar-refractivity contribution >= 4 is 11.0 Å². The number of benzene rings is 2. The van der Waals surface area contributed by atoms with Crippen molar-refractivity contribution in [2.45, 2.75) is 0 Å². The summed E-state index contributed by atoms with van der Waals surface area (Å²) in [6.07, 6.45) is 0. The van der Waals surface area contributed by atoms with Gasteiger partial charge < -0.3 is 29.9 Å². The summed E-state index contributed by atoms with van der Waals surface area (Å²) in [7, 11) is 2.76. The first-order chi connectivity index (χ1) is 11.4. The zero-order valence-corrected chi connectivity index (χ0v) is 12.9. The molecule has 3 aromatic rings. The highest BCUT2D eigenvalue weighted by molar-refractivity contribution is 5.88. The molecule has 0 aliphatic carbocycles. The van der Waals surface area contributed by atoms with Crippen molar-refractivity contribution in [3.05, 3.63) is 30.3 Å². The summed E-state index contributed by atoms with van der Waals surface area (Å²) >= 11 is 0. The summed E-state index contributed by atoms with van der Waals surface area (Å²) < 4.78 is 15.8. The quantitative estimate of drug-likeness (QED) is 0.431. The van der Waals surface area contributed by atoms with Crippen LogP contribution in [0.4, 0.5) is 0 Å². The van der Waals surface area contributed by atoms with Gasteiger partial charge >= 0.3 is 11.3 Å². The van der Waals surface area contributed by atoms with Crippen LogP contribution in [-0.2, 0) is 0 Å². The Balaban J connectivity index is 2.27. The molecule has 1 heterocycles. The van der Waals surface area contributed by atoms with Crippen LogP contribution in [0.3, 0.4) is 0 Å². The van der Waals surface area contributed by atoms with Crippen molar-refractivity contribution in [1.82, 2.24) is 0 Å². The molecule has 0 aliphatic heterocycles. The van der Waals surface area contributed by atoms with E-state index in [0.29, 0.717) is 11.1 Å². The Morgan fingerprint density at radius 3 is 2.17 bits per heavy atom. The monoisotopic (exact) mass is 331 g/mol. The molecule has 0 aliphatic rings. The molecule has 3 rings (SSSR count). The summed E-state index contributed by atoms with van der Waals surface area (Å²) in [4.78, 5) is 0. The standard InChI is InChI=1S/C17H14O7/c1-22-13-5-9(18)6-14-10(13)7-12(20)17(24-14)8-3-11(19)16(21)15(4-8)23-2/h3-7H,1-2H3,(H3-,18,19,20,21)/p+1. The van der Waals surface area contributed by atoms with Gasteiger partial charge in [0.1, 0.15) is 16.9 Å². The fourth-order valence-corrected chi connectivity index (χ4v) is 2.43. The van der Waals surface area contributed by atoms with Crippen molar-refractivity contribution in [3.8, 4) is 45.8 Å². The van der Waals surface area contributed by atoms with Crippen LogP contribution in [0.15, 0.2) is 34.7 Å². The van der Waals surface area contributed by atoms with Crippen molar-refractivity contribution < 1.29 is 34.3 Å². The topological polar surface area (TPSA) is 111 Å². The van der Waals surface area contributed by atoms with Gasteiger partial charge in [0.05, 0.1) is 25.8 Å². The van der Waals surface area contributed by atoms with E-state index in [1.54, 1.807) is 0 Å². The van der Waals surface area contributed by atoms with Gasteiger partial charge in [-0.1, -0.05) is 0 Å². The van der Waals surface area contributed by atoms with Crippen LogP contribution >= 0.6 is 0 Å². The second-order valence-electron chi connectivity index (χ2n) is 5.07. The van der Waals surface area contributed by atoms with E-state index < -0.39 is 11.5 Å². The van der Waals surface area contributed by atoms with Crippen LogP contribution in [0.5, 0.6) is 34.5 Å². The Hall–Kier alpha value is -3.35. The highest BCUT2D eigenvalue weighted by atomic mass is 16.5. The fraction of sp³-hybridized carbons (Fsp3) is 0.118. The lowest BCUT2D eigenvalue weighted by atomic mass is 10.1. The normalized spacial score (nSPS) is 10.8. The minimum atomic E-state index is -0.424. The van der Waals surface area contributed by atoms with E-state index in [1.807, 2.05) is 0 Å². The molecular formula is C17H15O7+. The zero-order valence-electron chi connectivity index (χ0n) is 12.9. The fourth-order valence-electron chi connectivity index (χ4n) is 2.43. The lowest BCUT2D eigenvalue weighted by Gasteiger charge is -2.06. The Bertz CT molecular complexity index is 934. The van der Waals surface area contributed by atoms with Crippen LogP contribution in [0.25, 0.3) is 22.3 Å². The third-order valence-corrected chi connectivity index (χ3v) is 3.57. The number of fused-ring (bicyclic) bond motifs is 1. The molecule has 1 aromatic heterocycles. The van der Waals surface area contributed by atoms with E-state index in [-0.39, 0.29) is 34.2 Å². The molecule has 7 heteroatoms. The first-order valence-corrected chi connectivity index (χ1v) is 6.91. The minimum Gasteiger partial charge on any atom is -0.507 e. The van der Waals surface area contributed by atoms with Gasteiger partial charge in [-0.25, -0.2) is 4.42 Å². The average molecular weight is 331 g/mol. The van der Waals surface area contributed by atoms with Crippen LogP contribution in [0, 0.1) is 0 Å². The molecule has 24 heavy (non-hydrogen) atoms. The summed E-state index contributed by atoms with van der Waals surface area (Å²) in [5.74, 6) is -0.725. The number of hydrogen-bond donors (Lipinski definition) is 4. The number of methoxy groups -OCH3 is 2. The van der Waals surface area contributed by atoms with Crippen LogP contribution < -0.4 is 9.47 Å². The van der Waals surface area contributed by atoms with E-state index in [4.69, 9.17) is 13.9 Å². The van der Waals surface area contributed by atoms with Gasteiger partial charge in [-0.3, -0.25) is 0 Å². The number of ether oxygens (including phenoxy) is 2. The molecule has 0 saturated carbocycles. The van der Waals surface area contributed by atoms with Gasteiger partial charge in [-0.2, -0.15) is 0 Å². The third kappa shape index (κ3) is 2.45. The van der Waals surface area contributed by atoms with E-state index >= 15 is 0 Å². The molecule has 124 valence electrons. The third-order valence-electron chi connectivity index (χ3n) is 3.57. The lowest BCUT2D eigenvalue weighted by molar-refractivity contribution is 0.351. The second-order valence-corrected chi connectivity index (χ2v) is 5.07. The maximum Gasteiger partial charge on any atom is 0.402 e. The van der Waals surface area contributed by atoms with Gasteiger partial charge in [-0.05, 0) is 0 Å². The first-order valence-electron chi connectivity index (χ1n) is 6.91. The highest BCUT2D eigenvalue weighted by Crippen LogP contribution is 2.44. The van der Waals surface area contributed by atoms with Crippen LogP contribution in [0.2, 0.25) is 0 Å². The Morgan fingerprint density at radius 2 is 1.50 bits per heavy atom. The Morgan fingerprint density at radius 1 is 0.792 bits per heavy atom. The Kier molecular flexibility index (Phi) is 3.69. The number of hydrogen-bond acceptors (Lipinski definition) is 6. The van der Waals surface area contributed by atoms with Crippen LogP contribution in [0.1, 0.15) is 0 Å². The molecular weight excluding hydrogens is 316 g/mol. The van der Waals surface area contributed by atoms with E-state index in [0.717, 1.165) is 0 Å². The number of aromatic hydroxyl groups is 4. The molecule has 0 spiro atoms. The van der Waals surface area contributed by atoms with Crippen molar-refractivity contribution in [2.75, 3.05) is 14.2 Å². The number of phenols is 3. The maximum absolute atomic E-state index is 10.3. The summed E-state index contributed by atoms with van der Waals surface area (Å²) in [6.45, 7) is 0. The predicted octanol–water partition coefficient (Wildman–Crippen LogP) is 3.22. The number of rotatable bonds is 3. The molecule has 4 N–H and O–H groups in total. The maximum atomic E-state index is 10.3. The van der Waals surface area contributed by atoms with Gasteiger partial charge in [-0.15, -0.1) is 0 Å². The van der Waals surface area contributed by atoms with Gasteiger partial charge in [0.15, 0.2) is 11.5 Å². The summed E-state index contributed by atoms with van der Waals surface area (Å²) in [5.41, 5.74) is 0.551. The largest absolute Gasteiger partial charge is 0.507 e. The van der Waals surface area contributed by atoms with Crippen molar-refractivity contribution in [1.29, 1.82) is 0 Å². The van der Waals surface area contributed by atoms with Crippen molar-refractivity contribution in [3.63, 3.8) is 0 Å². The molecule has 0 saturated heterocycles. The molecule has 0 atom stereocenters. The lowest BCUT2D eigenvalue weighted by Crippen LogP contribution is -1.89.